The average Bonchev–Trinajstić information content (AvgIpc) is 2.07. The smallest absolute Gasteiger partial charge is 0.0352 e. The Morgan fingerprint density at radius 3 is 1.86 bits per heavy atom. The predicted molar refractivity (Wildman–Crippen MR) is 63.8 cm³/mol. The van der Waals surface area contributed by atoms with E-state index >= 15 is 0 Å². The van der Waals surface area contributed by atoms with Gasteiger partial charge in [0.1, 0.15) is 0 Å². The second-order valence-corrected chi connectivity index (χ2v) is 4.65. The first kappa shape index (κ1) is 11.1. The summed E-state index contributed by atoms with van der Waals surface area (Å²) in [6, 6.07) is 4.37. The van der Waals surface area contributed by atoms with Crippen LogP contribution in [0.1, 0.15) is 56.2 Å². The molecular weight excluding hydrogens is 170 g/mol. The van der Waals surface area contributed by atoms with Gasteiger partial charge in [0.05, 0.1) is 0 Å². The van der Waals surface area contributed by atoms with Crippen molar-refractivity contribution in [3.05, 3.63) is 28.8 Å². The van der Waals surface area contributed by atoms with E-state index in [1.165, 1.54) is 16.7 Å². The first-order valence-electron chi connectivity index (χ1n) is 5.33. The van der Waals surface area contributed by atoms with Crippen molar-refractivity contribution in [1.29, 1.82) is 0 Å². The van der Waals surface area contributed by atoms with E-state index in [0.717, 1.165) is 5.69 Å². The first-order valence-corrected chi connectivity index (χ1v) is 5.33. The van der Waals surface area contributed by atoms with Crippen LogP contribution in [0.15, 0.2) is 12.1 Å². The monoisotopic (exact) mass is 191 g/mol. The zero-order valence-corrected chi connectivity index (χ0v) is 9.89. The normalized spacial score (nSPS) is 11.4. The van der Waals surface area contributed by atoms with E-state index in [9.17, 15) is 0 Å². The highest BCUT2D eigenvalue weighted by Gasteiger charge is 2.09. The van der Waals surface area contributed by atoms with Crippen LogP contribution in [0.4, 0.5) is 5.69 Å². The molecule has 0 amide bonds. The molecule has 1 nitrogen and oxygen atoms in total. The zero-order chi connectivity index (χ0) is 10.9. The third-order valence-electron chi connectivity index (χ3n) is 2.72. The van der Waals surface area contributed by atoms with Gasteiger partial charge in [-0.25, -0.2) is 0 Å². The zero-order valence-electron chi connectivity index (χ0n) is 9.89. The fraction of sp³-hybridized carbons (Fsp3) is 0.538. The molecule has 2 N–H and O–H groups in total. The van der Waals surface area contributed by atoms with Crippen molar-refractivity contribution in [3.63, 3.8) is 0 Å². The third-order valence-corrected chi connectivity index (χ3v) is 2.72. The number of nitrogen functional groups attached to an aromatic ring is 1. The van der Waals surface area contributed by atoms with E-state index in [2.05, 4.69) is 46.8 Å². The highest BCUT2D eigenvalue weighted by atomic mass is 14.6. The lowest BCUT2D eigenvalue weighted by atomic mass is 9.91. The molecule has 0 heterocycles. The Bertz CT molecular complexity index is 291. The summed E-state index contributed by atoms with van der Waals surface area (Å²) in [5.74, 6) is 1.06. The Hall–Kier alpha value is -0.980. The molecule has 1 aromatic carbocycles. The van der Waals surface area contributed by atoms with E-state index in [4.69, 9.17) is 5.73 Å². The van der Waals surface area contributed by atoms with Gasteiger partial charge >= 0.3 is 0 Å². The van der Waals surface area contributed by atoms with Crippen molar-refractivity contribution in [3.8, 4) is 0 Å². The van der Waals surface area contributed by atoms with Crippen molar-refractivity contribution in [2.75, 3.05) is 5.73 Å². The standard InChI is InChI=1S/C13H21N/c1-8(2)11-7-13(14)12(9(3)4)6-10(11)5/h6-9H,14H2,1-5H3. The van der Waals surface area contributed by atoms with Gasteiger partial charge < -0.3 is 5.73 Å². The molecule has 0 aromatic heterocycles. The van der Waals surface area contributed by atoms with Crippen LogP contribution in [0.5, 0.6) is 0 Å². The van der Waals surface area contributed by atoms with Crippen LogP contribution in [0, 0.1) is 6.92 Å². The van der Waals surface area contributed by atoms with Crippen LogP contribution in [-0.4, -0.2) is 0 Å². The molecule has 1 rings (SSSR count). The molecule has 0 aliphatic rings. The number of aryl methyl sites for hydroxylation is 1. The topological polar surface area (TPSA) is 26.0 Å². The van der Waals surface area contributed by atoms with Crippen LogP contribution in [-0.2, 0) is 0 Å². The molecule has 0 aliphatic carbocycles. The third kappa shape index (κ3) is 2.09. The summed E-state index contributed by atoms with van der Waals surface area (Å²) in [6.07, 6.45) is 0. The molecule has 0 bridgehead atoms. The second-order valence-electron chi connectivity index (χ2n) is 4.65. The Labute approximate surface area is 87.3 Å². The van der Waals surface area contributed by atoms with Crippen molar-refractivity contribution < 1.29 is 0 Å². The molecule has 0 radical (unpaired) electrons. The highest BCUT2D eigenvalue weighted by Crippen LogP contribution is 2.28. The van der Waals surface area contributed by atoms with Gasteiger partial charge in [0, 0.05) is 5.69 Å². The van der Waals surface area contributed by atoms with Crippen LogP contribution >= 0.6 is 0 Å². The molecule has 1 aromatic rings. The minimum absolute atomic E-state index is 0.509. The number of anilines is 1. The summed E-state index contributed by atoms with van der Waals surface area (Å²) in [5, 5.41) is 0. The van der Waals surface area contributed by atoms with E-state index in [-0.39, 0.29) is 0 Å². The molecule has 0 saturated carbocycles. The molecule has 0 spiro atoms. The maximum Gasteiger partial charge on any atom is 0.0352 e. The summed E-state index contributed by atoms with van der Waals surface area (Å²) in [4.78, 5) is 0. The average molecular weight is 191 g/mol. The summed E-state index contributed by atoms with van der Waals surface area (Å²) in [7, 11) is 0. The van der Waals surface area contributed by atoms with Gasteiger partial charge in [-0.15, -0.1) is 0 Å². The number of hydrogen-bond donors (Lipinski definition) is 1. The van der Waals surface area contributed by atoms with E-state index in [1.807, 2.05) is 0 Å². The van der Waals surface area contributed by atoms with Gasteiger partial charge in [-0.05, 0) is 41.5 Å². The van der Waals surface area contributed by atoms with E-state index < -0.39 is 0 Å². The largest absolute Gasteiger partial charge is 0.398 e. The van der Waals surface area contributed by atoms with Gasteiger partial charge in [-0.3, -0.25) is 0 Å². The summed E-state index contributed by atoms with van der Waals surface area (Å²) in [6.45, 7) is 10.9. The minimum atomic E-state index is 0.509. The number of hydrogen-bond acceptors (Lipinski definition) is 1. The molecule has 1 heteroatoms. The van der Waals surface area contributed by atoms with Crippen LogP contribution in [0.25, 0.3) is 0 Å². The predicted octanol–water partition coefficient (Wildman–Crippen LogP) is 3.82. The summed E-state index contributed by atoms with van der Waals surface area (Å²) >= 11 is 0. The first-order chi connectivity index (χ1) is 6.43. The molecule has 78 valence electrons. The Balaban J connectivity index is 3.24. The second kappa shape index (κ2) is 4.04. The van der Waals surface area contributed by atoms with Crippen LogP contribution in [0.3, 0.4) is 0 Å². The van der Waals surface area contributed by atoms with Gasteiger partial charge in [0.25, 0.3) is 0 Å². The van der Waals surface area contributed by atoms with Gasteiger partial charge in [-0.2, -0.15) is 0 Å². The quantitative estimate of drug-likeness (QED) is 0.706. The van der Waals surface area contributed by atoms with Crippen molar-refractivity contribution >= 4 is 5.69 Å². The van der Waals surface area contributed by atoms with Gasteiger partial charge in [-0.1, -0.05) is 33.8 Å². The summed E-state index contributed by atoms with van der Waals surface area (Å²) in [5.41, 5.74) is 11.0. The van der Waals surface area contributed by atoms with Crippen LogP contribution in [0.2, 0.25) is 0 Å². The highest BCUT2D eigenvalue weighted by molar-refractivity contribution is 5.54. The molecule has 0 saturated heterocycles. The van der Waals surface area contributed by atoms with Crippen molar-refractivity contribution in [2.24, 2.45) is 0 Å². The molecule has 14 heavy (non-hydrogen) atoms. The van der Waals surface area contributed by atoms with Gasteiger partial charge in [0.15, 0.2) is 0 Å². The summed E-state index contributed by atoms with van der Waals surface area (Å²) < 4.78 is 0. The van der Waals surface area contributed by atoms with Crippen molar-refractivity contribution in [2.45, 2.75) is 46.5 Å². The lowest BCUT2D eigenvalue weighted by Crippen LogP contribution is -2.01. The number of nitrogens with two attached hydrogens (primary N) is 1. The molecule has 0 atom stereocenters. The van der Waals surface area contributed by atoms with Crippen LogP contribution < -0.4 is 5.73 Å². The van der Waals surface area contributed by atoms with E-state index in [1.54, 1.807) is 0 Å². The molecule has 0 unspecified atom stereocenters. The number of benzene rings is 1. The number of rotatable bonds is 2. The Kier molecular flexibility index (Phi) is 3.20. The minimum Gasteiger partial charge on any atom is -0.398 e. The fourth-order valence-electron chi connectivity index (χ4n) is 1.89. The fourth-order valence-corrected chi connectivity index (χ4v) is 1.89. The molecule has 0 aliphatic heterocycles. The maximum absolute atomic E-state index is 6.03. The van der Waals surface area contributed by atoms with E-state index in [0.29, 0.717) is 11.8 Å². The SMILES string of the molecule is Cc1cc(C(C)C)c(N)cc1C(C)C. The molecule has 0 fully saturated rings. The molecular formula is C13H21N. The Morgan fingerprint density at radius 2 is 1.43 bits per heavy atom. The maximum atomic E-state index is 6.03. The Morgan fingerprint density at radius 1 is 0.929 bits per heavy atom. The lowest BCUT2D eigenvalue weighted by molar-refractivity contribution is 0.838. The van der Waals surface area contributed by atoms with Gasteiger partial charge in [0.2, 0.25) is 0 Å². The lowest BCUT2D eigenvalue weighted by Gasteiger charge is -2.16. The van der Waals surface area contributed by atoms with Crippen molar-refractivity contribution in [1.82, 2.24) is 0 Å².